The highest BCUT2D eigenvalue weighted by atomic mass is 32.1. The predicted octanol–water partition coefficient (Wildman–Crippen LogP) is 1.28. The fourth-order valence-corrected chi connectivity index (χ4v) is 2.82. The van der Waals surface area contributed by atoms with Gasteiger partial charge in [0.25, 0.3) is 0 Å². The maximum absolute atomic E-state index is 11.8. The summed E-state index contributed by atoms with van der Waals surface area (Å²) in [4.78, 5) is 29.9. The molecular weight excluding hydrogens is 250 g/mol. The number of nitrogens with two attached hydrogens (primary N) is 1. The van der Waals surface area contributed by atoms with E-state index in [0.29, 0.717) is 11.7 Å². The van der Waals surface area contributed by atoms with Gasteiger partial charge in [-0.15, -0.1) is 11.3 Å². The molecule has 0 saturated carbocycles. The van der Waals surface area contributed by atoms with E-state index in [1.54, 1.807) is 11.1 Å². The van der Waals surface area contributed by atoms with Gasteiger partial charge >= 0.3 is 0 Å². The fourth-order valence-electron chi connectivity index (χ4n) is 1.82. The number of carbonyl (C=O) groups excluding carboxylic acids is 2. The molecule has 2 amide bonds. The maximum atomic E-state index is 11.8. The van der Waals surface area contributed by atoms with Gasteiger partial charge in [0.05, 0.1) is 5.92 Å². The van der Waals surface area contributed by atoms with Gasteiger partial charge in [-0.3, -0.25) is 14.5 Å². The van der Waals surface area contributed by atoms with Gasteiger partial charge in [-0.25, -0.2) is 4.98 Å². The van der Waals surface area contributed by atoms with Crippen molar-refractivity contribution in [2.24, 2.45) is 11.7 Å². The molecule has 2 rings (SSSR count). The van der Waals surface area contributed by atoms with E-state index >= 15 is 0 Å². The number of primary amides is 1. The van der Waals surface area contributed by atoms with Gasteiger partial charge in [0.2, 0.25) is 11.8 Å². The number of carbonyl (C=O) groups is 2. The first-order chi connectivity index (χ1) is 8.29. The van der Waals surface area contributed by atoms with E-state index in [4.69, 9.17) is 5.73 Å². The predicted molar refractivity (Wildman–Crippen MR) is 70.5 cm³/mol. The van der Waals surface area contributed by atoms with Crippen LogP contribution in [0.1, 0.15) is 32.1 Å². The summed E-state index contributed by atoms with van der Waals surface area (Å²) >= 11 is 1.50. The second-order valence-electron chi connectivity index (χ2n) is 5.56. The molecule has 1 aliphatic heterocycles. The summed E-state index contributed by atoms with van der Waals surface area (Å²) in [5.74, 6) is -0.883. The number of anilines is 1. The molecule has 6 heteroatoms. The Morgan fingerprint density at radius 2 is 2.22 bits per heavy atom. The van der Waals surface area contributed by atoms with Crippen molar-refractivity contribution in [1.82, 2.24) is 4.98 Å². The Bertz CT molecular complexity index is 490. The Balaban J connectivity index is 2.20. The molecule has 2 heterocycles. The molecule has 1 aliphatic rings. The Kier molecular flexibility index (Phi) is 3.14. The van der Waals surface area contributed by atoms with Gasteiger partial charge in [0.1, 0.15) is 0 Å². The number of aromatic nitrogens is 1. The van der Waals surface area contributed by atoms with E-state index in [0.717, 1.165) is 4.88 Å². The monoisotopic (exact) mass is 267 g/mol. The minimum atomic E-state index is -0.418. The molecule has 98 valence electrons. The molecule has 1 atom stereocenters. The van der Waals surface area contributed by atoms with Crippen molar-refractivity contribution in [1.29, 1.82) is 0 Å². The van der Waals surface area contributed by atoms with E-state index in [-0.39, 0.29) is 23.7 Å². The summed E-state index contributed by atoms with van der Waals surface area (Å²) in [5.41, 5.74) is 5.26. The van der Waals surface area contributed by atoms with Gasteiger partial charge in [0, 0.05) is 24.0 Å². The van der Waals surface area contributed by atoms with Crippen molar-refractivity contribution in [2.75, 3.05) is 11.4 Å². The molecule has 2 N–H and O–H groups in total. The summed E-state index contributed by atoms with van der Waals surface area (Å²) in [6, 6.07) is 0. The quantitative estimate of drug-likeness (QED) is 0.877. The number of rotatable bonds is 2. The molecule has 0 radical (unpaired) electrons. The topological polar surface area (TPSA) is 76.3 Å². The van der Waals surface area contributed by atoms with Crippen LogP contribution in [0.3, 0.4) is 0 Å². The fraction of sp³-hybridized carbons (Fsp3) is 0.583. The Labute approximate surface area is 110 Å². The van der Waals surface area contributed by atoms with Crippen LogP contribution >= 0.6 is 11.3 Å². The number of amides is 2. The van der Waals surface area contributed by atoms with E-state index < -0.39 is 5.91 Å². The zero-order chi connectivity index (χ0) is 13.5. The lowest BCUT2D eigenvalue weighted by atomic mass is 9.96. The van der Waals surface area contributed by atoms with Crippen molar-refractivity contribution in [3.63, 3.8) is 0 Å². The smallest absolute Gasteiger partial charge is 0.229 e. The lowest BCUT2D eigenvalue weighted by Crippen LogP contribution is -2.28. The highest BCUT2D eigenvalue weighted by Crippen LogP contribution is 2.34. The average molecular weight is 267 g/mol. The highest BCUT2D eigenvalue weighted by Gasteiger charge is 2.35. The van der Waals surface area contributed by atoms with Crippen LogP contribution in [0.25, 0.3) is 0 Å². The van der Waals surface area contributed by atoms with E-state index in [9.17, 15) is 9.59 Å². The van der Waals surface area contributed by atoms with Crippen molar-refractivity contribution in [2.45, 2.75) is 32.6 Å². The van der Waals surface area contributed by atoms with Crippen LogP contribution < -0.4 is 10.6 Å². The molecule has 1 fully saturated rings. The van der Waals surface area contributed by atoms with Crippen LogP contribution in [0.5, 0.6) is 0 Å². The molecule has 0 aromatic carbocycles. The number of thiazole rings is 1. The SMILES string of the molecule is CC(C)(C)c1cnc(N2CC(C(N)=O)CC2=O)s1. The molecule has 18 heavy (non-hydrogen) atoms. The molecule has 0 bridgehead atoms. The molecule has 1 aromatic heterocycles. The zero-order valence-corrected chi connectivity index (χ0v) is 11.6. The average Bonchev–Trinajstić information content (AvgIpc) is 2.81. The third-order valence-electron chi connectivity index (χ3n) is 2.99. The van der Waals surface area contributed by atoms with Crippen molar-refractivity contribution in [3.8, 4) is 0 Å². The molecule has 0 spiro atoms. The third-order valence-corrected chi connectivity index (χ3v) is 4.44. The second-order valence-corrected chi connectivity index (χ2v) is 6.57. The van der Waals surface area contributed by atoms with Gasteiger partial charge in [-0.1, -0.05) is 20.8 Å². The summed E-state index contributed by atoms with van der Waals surface area (Å²) in [6.45, 7) is 6.65. The van der Waals surface area contributed by atoms with Crippen molar-refractivity contribution >= 4 is 28.3 Å². The minimum absolute atomic E-state index is 0.0157. The molecule has 1 unspecified atom stereocenters. The lowest BCUT2D eigenvalue weighted by Gasteiger charge is -2.15. The first-order valence-electron chi connectivity index (χ1n) is 5.85. The van der Waals surface area contributed by atoms with Crippen molar-refractivity contribution < 1.29 is 9.59 Å². The maximum Gasteiger partial charge on any atom is 0.229 e. The first-order valence-corrected chi connectivity index (χ1v) is 6.66. The largest absolute Gasteiger partial charge is 0.369 e. The van der Waals surface area contributed by atoms with E-state index in [2.05, 4.69) is 25.8 Å². The van der Waals surface area contributed by atoms with Gasteiger partial charge in [-0.2, -0.15) is 0 Å². The lowest BCUT2D eigenvalue weighted by molar-refractivity contribution is -0.123. The van der Waals surface area contributed by atoms with Crippen LogP contribution in [0.15, 0.2) is 6.20 Å². The Morgan fingerprint density at radius 3 is 2.67 bits per heavy atom. The standard InChI is InChI=1S/C12H17N3O2S/c1-12(2,3)8-5-14-11(18-8)15-6-7(10(13)17)4-9(15)16/h5,7H,4,6H2,1-3H3,(H2,13,17). The molecule has 5 nitrogen and oxygen atoms in total. The zero-order valence-electron chi connectivity index (χ0n) is 10.8. The third kappa shape index (κ3) is 2.38. The molecule has 1 aromatic rings. The Morgan fingerprint density at radius 1 is 1.56 bits per heavy atom. The second kappa shape index (κ2) is 4.35. The van der Waals surface area contributed by atoms with Crippen LogP contribution in [0.2, 0.25) is 0 Å². The number of hydrogen-bond donors (Lipinski definition) is 1. The number of nitrogens with zero attached hydrogens (tertiary/aromatic N) is 2. The van der Waals surface area contributed by atoms with Crippen LogP contribution in [-0.4, -0.2) is 23.3 Å². The van der Waals surface area contributed by atoms with Crippen molar-refractivity contribution in [3.05, 3.63) is 11.1 Å². The normalized spacial score (nSPS) is 20.5. The number of hydrogen-bond acceptors (Lipinski definition) is 4. The van der Waals surface area contributed by atoms with E-state index in [1.807, 2.05) is 0 Å². The summed E-state index contributed by atoms with van der Waals surface area (Å²) in [7, 11) is 0. The highest BCUT2D eigenvalue weighted by molar-refractivity contribution is 7.15. The van der Waals surface area contributed by atoms with Gasteiger partial charge in [-0.05, 0) is 5.41 Å². The summed E-state index contributed by atoms with van der Waals surface area (Å²) in [5, 5.41) is 0.661. The van der Waals surface area contributed by atoms with Gasteiger partial charge < -0.3 is 5.73 Å². The molecule has 1 saturated heterocycles. The Hall–Kier alpha value is -1.43. The van der Waals surface area contributed by atoms with Gasteiger partial charge in [0.15, 0.2) is 5.13 Å². The first kappa shape index (κ1) is 13.0. The van der Waals surface area contributed by atoms with Crippen LogP contribution in [0.4, 0.5) is 5.13 Å². The molecular formula is C12H17N3O2S. The minimum Gasteiger partial charge on any atom is -0.369 e. The molecule has 0 aliphatic carbocycles. The van der Waals surface area contributed by atoms with E-state index in [1.165, 1.54) is 11.3 Å². The van der Waals surface area contributed by atoms with Crippen LogP contribution in [-0.2, 0) is 15.0 Å². The summed E-state index contributed by atoms with van der Waals surface area (Å²) in [6.07, 6.45) is 1.99. The van der Waals surface area contributed by atoms with Crippen LogP contribution in [0, 0.1) is 5.92 Å². The summed E-state index contributed by atoms with van der Waals surface area (Å²) < 4.78 is 0.